The molecule has 2 N–H and O–H groups in total. The van der Waals surface area contributed by atoms with Crippen molar-refractivity contribution in [2.24, 2.45) is 0 Å². The van der Waals surface area contributed by atoms with Gasteiger partial charge in [0.05, 0.1) is 19.8 Å². The Hall–Kier alpha value is -1.35. The summed E-state index contributed by atoms with van der Waals surface area (Å²) in [4.78, 5) is 25.1. The summed E-state index contributed by atoms with van der Waals surface area (Å²) in [6.45, 7) is 4.08. The molecule has 0 saturated carbocycles. The van der Waals surface area contributed by atoms with Gasteiger partial charge in [-0.15, -0.1) is 0 Å². The van der Waals surface area contributed by atoms with Gasteiger partial charge >= 0.3 is 6.18 Å². The summed E-state index contributed by atoms with van der Waals surface area (Å²) in [5.74, 6) is -1.01. The van der Waals surface area contributed by atoms with Crippen LogP contribution < -0.4 is 10.6 Å². The maximum absolute atomic E-state index is 12.6. The Balaban J connectivity index is 2.61. The monoisotopic (exact) mass is 339 g/mol. The zero-order valence-electron chi connectivity index (χ0n) is 13.6. The van der Waals surface area contributed by atoms with Gasteiger partial charge in [-0.1, -0.05) is 6.92 Å². The van der Waals surface area contributed by atoms with E-state index >= 15 is 0 Å². The molecule has 0 aromatic rings. The maximum atomic E-state index is 12.6. The molecule has 6 nitrogen and oxygen atoms in total. The van der Waals surface area contributed by atoms with Gasteiger partial charge in [-0.3, -0.25) is 14.5 Å². The van der Waals surface area contributed by atoms with Crippen LogP contribution in [-0.2, 0) is 14.3 Å². The molecule has 1 aliphatic heterocycles. The Kier molecular flexibility index (Phi) is 7.27. The average molecular weight is 339 g/mol. The third-order valence-corrected chi connectivity index (χ3v) is 3.68. The topological polar surface area (TPSA) is 70.7 Å². The number of halogens is 3. The number of nitrogens with one attached hydrogen (secondary N) is 2. The van der Waals surface area contributed by atoms with Crippen molar-refractivity contribution in [1.29, 1.82) is 0 Å². The van der Waals surface area contributed by atoms with Crippen LogP contribution in [0.1, 0.15) is 27.2 Å². The summed E-state index contributed by atoms with van der Waals surface area (Å²) in [5, 5.41) is 5.16. The van der Waals surface area contributed by atoms with Crippen LogP contribution in [0.3, 0.4) is 0 Å². The molecule has 9 heteroatoms. The summed E-state index contributed by atoms with van der Waals surface area (Å²) in [6.07, 6.45) is -3.66. The van der Waals surface area contributed by atoms with Crippen LogP contribution in [-0.4, -0.2) is 67.3 Å². The second-order valence-corrected chi connectivity index (χ2v) is 5.72. The second kappa shape index (κ2) is 8.49. The van der Waals surface area contributed by atoms with Crippen molar-refractivity contribution in [1.82, 2.24) is 15.5 Å². The highest BCUT2D eigenvalue weighted by atomic mass is 19.4. The number of hydrogen-bond donors (Lipinski definition) is 2. The lowest BCUT2D eigenvalue weighted by atomic mass is 10.1. The Morgan fingerprint density at radius 1 is 1.30 bits per heavy atom. The molecule has 0 aromatic heterocycles. The molecule has 1 heterocycles. The molecule has 0 spiro atoms. The fourth-order valence-electron chi connectivity index (χ4n) is 2.14. The summed E-state index contributed by atoms with van der Waals surface area (Å²) >= 11 is 0. The van der Waals surface area contributed by atoms with Crippen molar-refractivity contribution in [3.63, 3.8) is 0 Å². The lowest BCUT2D eigenvalue weighted by Gasteiger charge is -2.35. The summed E-state index contributed by atoms with van der Waals surface area (Å²) in [5.41, 5.74) is 0. The van der Waals surface area contributed by atoms with E-state index in [4.69, 9.17) is 4.74 Å². The number of nitrogens with zero attached hydrogens (tertiary/aromatic N) is 1. The minimum Gasteiger partial charge on any atom is -0.378 e. The number of carbonyl (C=O) groups is 2. The molecule has 1 saturated heterocycles. The van der Waals surface area contributed by atoms with Crippen LogP contribution in [0.5, 0.6) is 0 Å². The van der Waals surface area contributed by atoms with Gasteiger partial charge in [-0.05, 0) is 20.3 Å². The van der Waals surface area contributed by atoms with Crippen LogP contribution in [0.2, 0.25) is 0 Å². The minimum absolute atomic E-state index is 0.0189. The predicted molar refractivity (Wildman–Crippen MR) is 77.7 cm³/mol. The lowest BCUT2D eigenvalue weighted by Crippen LogP contribution is -2.58. The fourth-order valence-corrected chi connectivity index (χ4v) is 2.14. The molecule has 2 amide bonds. The molecule has 1 aliphatic rings. The van der Waals surface area contributed by atoms with Crippen LogP contribution in [0.15, 0.2) is 0 Å². The van der Waals surface area contributed by atoms with Crippen molar-refractivity contribution in [2.75, 3.05) is 26.3 Å². The van der Waals surface area contributed by atoms with Crippen molar-refractivity contribution in [2.45, 2.75) is 51.5 Å². The smallest absolute Gasteiger partial charge is 0.378 e. The van der Waals surface area contributed by atoms with Gasteiger partial charge in [-0.25, -0.2) is 0 Å². The lowest BCUT2D eigenvalue weighted by molar-refractivity contribution is -0.167. The molecule has 1 fully saturated rings. The molecule has 1 rings (SSSR count). The number of amides is 2. The van der Waals surface area contributed by atoms with Gasteiger partial charge in [0.1, 0.15) is 12.1 Å². The molecule has 0 radical (unpaired) electrons. The molecule has 3 atom stereocenters. The van der Waals surface area contributed by atoms with Crippen molar-refractivity contribution >= 4 is 11.8 Å². The van der Waals surface area contributed by atoms with Crippen LogP contribution in [0.4, 0.5) is 13.2 Å². The minimum atomic E-state index is -4.39. The highest BCUT2D eigenvalue weighted by Gasteiger charge is 2.38. The number of morpholine rings is 1. The number of hydrogen-bond acceptors (Lipinski definition) is 4. The maximum Gasteiger partial charge on any atom is 0.401 e. The van der Waals surface area contributed by atoms with E-state index in [1.807, 2.05) is 13.8 Å². The Labute approximate surface area is 133 Å². The van der Waals surface area contributed by atoms with Gasteiger partial charge in [0.2, 0.25) is 11.8 Å². The first kappa shape index (κ1) is 19.7. The molecular weight excluding hydrogens is 315 g/mol. The highest BCUT2D eigenvalue weighted by Crippen LogP contribution is 2.19. The third kappa shape index (κ3) is 6.74. The first-order chi connectivity index (χ1) is 10.6. The first-order valence-corrected chi connectivity index (χ1v) is 7.63. The fraction of sp³-hybridized carbons (Fsp3) is 0.857. The van der Waals surface area contributed by atoms with Gasteiger partial charge in [-0.2, -0.15) is 13.2 Å². The normalized spacial score (nSPS) is 22.3. The summed E-state index contributed by atoms with van der Waals surface area (Å²) < 4.78 is 42.8. The van der Waals surface area contributed by atoms with Gasteiger partial charge in [0.15, 0.2) is 0 Å². The van der Waals surface area contributed by atoms with Crippen LogP contribution in [0.25, 0.3) is 0 Å². The van der Waals surface area contributed by atoms with Gasteiger partial charge in [0.25, 0.3) is 0 Å². The number of alkyl halides is 3. The Bertz CT molecular complexity index is 418. The zero-order chi connectivity index (χ0) is 17.6. The van der Waals surface area contributed by atoms with E-state index in [0.717, 1.165) is 11.3 Å². The molecular formula is C14H24F3N3O3. The van der Waals surface area contributed by atoms with Crippen molar-refractivity contribution < 1.29 is 27.5 Å². The molecule has 0 aliphatic carbocycles. The summed E-state index contributed by atoms with van der Waals surface area (Å²) in [6, 6.07) is -1.92. The predicted octanol–water partition coefficient (Wildman–Crippen LogP) is 0.669. The second-order valence-electron chi connectivity index (χ2n) is 5.72. The van der Waals surface area contributed by atoms with Gasteiger partial charge < -0.3 is 15.4 Å². The zero-order valence-corrected chi connectivity index (χ0v) is 13.6. The SMILES string of the molecule is CCC(C)NC(=O)C(C)NC(=O)C1COCCN1CC(F)(F)F. The summed E-state index contributed by atoms with van der Waals surface area (Å²) in [7, 11) is 0. The number of carbonyl (C=O) groups excluding carboxylic acids is 2. The first-order valence-electron chi connectivity index (χ1n) is 7.63. The molecule has 0 aromatic carbocycles. The van der Waals surface area contributed by atoms with Crippen LogP contribution in [0, 0.1) is 0 Å². The quantitative estimate of drug-likeness (QED) is 0.746. The Morgan fingerprint density at radius 3 is 2.52 bits per heavy atom. The van der Waals surface area contributed by atoms with E-state index in [1.54, 1.807) is 0 Å². The van der Waals surface area contributed by atoms with Crippen molar-refractivity contribution in [3.8, 4) is 0 Å². The molecule has 23 heavy (non-hydrogen) atoms. The van der Waals surface area contributed by atoms with E-state index in [-0.39, 0.29) is 31.7 Å². The van der Waals surface area contributed by atoms with Crippen molar-refractivity contribution in [3.05, 3.63) is 0 Å². The van der Waals surface area contributed by atoms with E-state index in [0.29, 0.717) is 0 Å². The molecule has 0 bridgehead atoms. The highest BCUT2D eigenvalue weighted by molar-refractivity contribution is 5.89. The Morgan fingerprint density at radius 2 is 1.96 bits per heavy atom. The van der Waals surface area contributed by atoms with E-state index < -0.39 is 30.7 Å². The largest absolute Gasteiger partial charge is 0.401 e. The van der Waals surface area contributed by atoms with Crippen LogP contribution >= 0.6 is 0 Å². The van der Waals surface area contributed by atoms with E-state index in [2.05, 4.69) is 10.6 Å². The average Bonchev–Trinajstić information content (AvgIpc) is 2.45. The molecule has 134 valence electrons. The molecule has 3 unspecified atom stereocenters. The van der Waals surface area contributed by atoms with E-state index in [1.165, 1.54) is 6.92 Å². The van der Waals surface area contributed by atoms with Gasteiger partial charge in [0, 0.05) is 12.6 Å². The number of ether oxygens (including phenoxy) is 1. The third-order valence-electron chi connectivity index (χ3n) is 3.68. The standard InChI is InChI=1S/C14H24F3N3O3/c1-4-9(2)18-12(21)10(3)19-13(22)11-7-23-6-5-20(11)8-14(15,16)17/h9-11H,4-8H2,1-3H3,(H,18,21)(H,19,22). The number of rotatable bonds is 6. The van der Waals surface area contributed by atoms with E-state index in [9.17, 15) is 22.8 Å².